The van der Waals surface area contributed by atoms with E-state index in [1.807, 2.05) is 44.4 Å². The number of aromatic nitrogens is 2. The molecule has 2 rings (SSSR count). The van der Waals surface area contributed by atoms with E-state index in [1.165, 1.54) is 0 Å². The zero-order chi connectivity index (χ0) is 12.4. The van der Waals surface area contributed by atoms with E-state index in [9.17, 15) is 0 Å². The Labute approximate surface area is 101 Å². The van der Waals surface area contributed by atoms with Crippen LogP contribution in [0.15, 0.2) is 30.5 Å². The van der Waals surface area contributed by atoms with Crippen LogP contribution in [0.5, 0.6) is 5.75 Å². The van der Waals surface area contributed by atoms with Crippen LogP contribution in [-0.4, -0.2) is 16.9 Å². The highest BCUT2D eigenvalue weighted by Crippen LogP contribution is 2.28. The van der Waals surface area contributed by atoms with Crippen molar-refractivity contribution in [1.29, 1.82) is 0 Å². The third kappa shape index (κ3) is 2.31. The molecule has 2 aromatic rings. The fourth-order valence-electron chi connectivity index (χ4n) is 1.86. The molecular formula is C13H17N3O. The highest BCUT2D eigenvalue weighted by Gasteiger charge is 2.16. The lowest BCUT2D eigenvalue weighted by atomic mass is 10.0. The first kappa shape index (κ1) is 11.7. The summed E-state index contributed by atoms with van der Waals surface area (Å²) in [6.45, 7) is 2.04. The van der Waals surface area contributed by atoms with Crippen LogP contribution in [0, 0.1) is 6.92 Å². The number of hydrogen-bond donors (Lipinski definition) is 1. The smallest absolute Gasteiger partial charge is 0.124 e. The summed E-state index contributed by atoms with van der Waals surface area (Å²) in [6.07, 6.45) is 1.89. The van der Waals surface area contributed by atoms with Crippen molar-refractivity contribution in [1.82, 2.24) is 9.78 Å². The van der Waals surface area contributed by atoms with E-state index in [2.05, 4.69) is 5.10 Å². The number of aryl methyl sites for hydroxylation is 2. The fraction of sp³-hybridized carbons (Fsp3) is 0.308. The van der Waals surface area contributed by atoms with Crippen LogP contribution in [0.3, 0.4) is 0 Å². The molecule has 4 nitrogen and oxygen atoms in total. The lowest BCUT2D eigenvalue weighted by Gasteiger charge is -2.14. The first-order valence-corrected chi connectivity index (χ1v) is 5.51. The van der Waals surface area contributed by atoms with Crippen molar-refractivity contribution in [3.05, 3.63) is 47.3 Å². The van der Waals surface area contributed by atoms with Crippen molar-refractivity contribution in [3.8, 4) is 5.75 Å². The lowest BCUT2D eigenvalue weighted by molar-refractivity contribution is 0.407. The van der Waals surface area contributed by atoms with Crippen LogP contribution in [0.25, 0.3) is 0 Å². The van der Waals surface area contributed by atoms with Crippen LogP contribution >= 0.6 is 0 Å². The number of nitrogens with two attached hydrogens (primary N) is 1. The second-order valence-electron chi connectivity index (χ2n) is 4.14. The quantitative estimate of drug-likeness (QED) is 0.876. The summed E-state index contributed by atoms with van der Waals surface area (Å²) in [6, 6.07) is 7.65. The molecule has 0 fully saturated rings. The Bertz CT molecular complexity index is 519. The molecule has 1 heterocycles. The van der Waals surface area contributed by atoms with E-state index in [0.29, 0.717) is 0 Å². The van der Waals surface area contributed by atoms with Gasteiger partial charge in [-0.3, -0.25) is 4.68 Å². The van der Waals surface area contributed by atoms with Crippen molar-refractivity contribution in [2.45, 2.75) is 13.0 Å². The Morgan fingerprint density at radius 2 is 2.12 bits per heavy atom. The lowest BCUT2D eigenvalue weighted by Crippen LogP contribution is -2.14. The molecule has 0 aliphatic carbocycles. The van der Waals surface area contributed by atoms with Crippen LogP contribution in [0.1, 0.15) is 22.9 Å². The maximum Gasteiger partial charge on any atom is 0.124 e. The minimum Gasteiger partial charge on any atom is -0.496 e. The molecule has 2 N–H and O–H groups in total. The SMILES string of the molecule is COc1ccc(C)cc1C(N)c1ccn(C)n1. The summed E-state index contributed by atoms with van der Waals surface area (Å²) in [7, 11) is 3.53. The van der Waals surface area contributed by atoms with E-state index in [-0.39, 0.29) is 6.04 Å². The van der Waals surface area contributed by atoms with Crippen molar-refractivity contribution in [2.75, 3.05) is 7.11 Å². The van der Waals surface area contributed by atoms with E-state index in [1.54, 1.807) is 11.8 Å². The van der Waals surface area contributed by atoms with Gasteiger partial charge in [0.2, 0.25) is 0 Å². The van der Waals surface area contributed by atoms with Crippen molar-refractivity contribution in [3.63, 3.8) is 0 Å². The van der Waals surface area contributed by atoms with E-state index in [0.717, 1.165) is 22.6 Å². The van der Waals surface area contributed by atoms with Gasteiger partial charge >= 0.3 is 0 Å². The molecule has 1 aromatic heterocycles. The summed E-state index contributed by atoms with van der Waals surface area (Å²) >= 11 is 0. The minimum absolute atomic E-state index is 0.258. The number of rotatable bonds is 3. The average molecular weight is 231 g/mol. The molecule has 0 saturated heterocycles. The van der Waals surface area contributed by atoms with E-state index in [4.69, 9.17) is 10.5 Å². The highest BCUT2D eigenvalue weighted by atomic mass is 16.5. The monoisotopic (exact) mass is 231 g/mol. The van der Waals surface area contributed by atoms with Crippen LogP contribution in [-0.2, 0) is 7.05 Å². The second kappa shape index (κ2) is 4.59. The van der Waals surface area contributed by atoms with Crippen molar-refractivity contribution < 1.29 is 4.74 Å². The molecule has 0 bridgehead atoms. The summed E-state index contributed by atoms with van der Waals surface area (Å²) < 4.78 is 7.08. The molecule has 90 valence electrons. The Balaban J connectivity index is 2.42. The third-order valence-corrected chi connectivity index (χ3v) is 2.77. The van der Waals surface area contributed by atoms with Crippen LogP contribution in [0.2, 0.25) is 0 Å². The molecule has 1 aromatic carbocycles. The van der Waals surface area contributed by atoms with Crippen molar-refractivity contribution >= 4 is 0 Å². The predicted molar refractivity (Wildman–Crippen MR) is 67.0 cm³/mol. The first-order chi connectivity index (χ1) is 8.11. The Kier molecular flexibility index (Phi) is 3.15. The Morgan fingerprint density at radius 3 is 2.71 bits per heavy atom. The predicted octanol–water partition coefficient (Wildman–Crippen LogP) is 1.79. The standard InChI is InChI=1S/C13H17N3O/c1-9-4-5-12(17-3)10(8-9)13(14)11-6-7-16(2)15-11/h4-8,13H,14H2,1-3H3. The van der Waals surface area contributed by atoms with E-state index >= 15 is 0 Å². The van der Waals surface area contributed by atoms with Gasteiger partial charge in [0.1, 0.15) is 5.75 Å². The van der Waals surface area contributed by atoms with Gasteiger partial charge < -0.3 is 10.5 Å². The molecule has 0 spiro atoms. The van der Waals surface area contributed by atoms with Gasteiger partial charge in [-0.05, 0) is 19.1 Å². The number of methoxy groups -OCH3 is 1. The molecule has 0 amide bonds. The number of nitrogens with zero attached hydrogens (tertiary/aromatic N) is 2. The molecule has 17 heavy (non-hydrogen) atoms. The molecule has 0 saturated carbocycles. The zero-order valence-electron chi connectivity index (χ0n) is 10.3. The number of ether oxygens (including phenoxy) is 1. The molecule has 4 heteroatoms. The van der Waals surface area contributed by atoms with Gasteiger partial charge in [-0.1, -0.05) is 17.7 Å². The fourth-order valence-corrected chi connectivity index (χ4v) is 1.86. The molecule has 1 unspecified atom stereocenters. The summed E-state index contributed by atoms with van der Waals surface area (Å²) in [5.41, 5.74) is 9.19. The molecule has 0 aliphatic rings. The Morgan fingerprint density at radius 1 is 1.35 bits per heavy atom. The summed E-state index contributed by atoms with van der Waals surface area (Å²) in [5, 5.41) is 4.33. The van der Waals surface area contributed by atoms with Gasteiger partial charge in [0.15, 0.2) is 0 Å². The maximum absolute atomic E-state index is 6.22. The Hall–Kier alpha value is -1.81. The van der Waals surface area contributed by atoms with Gasteiger partial charge in [-0.15, -0.1) is 0 Å². The van der Waals surface area contributed by atoms with Crippen LogP contribution < -0.4 is 10.5 Å². The molecule has 1 atom stereocenters. The van der Waals surface area contributed by atoms with Gasteiger partial charge in [0.25, 0.3) is 0 Å². The molecule has 0 aliphatic heterocycles. The zero-order valence-corrected chi connectivity index (χ0v) is 10.3. The maximum atomic E-state index is 6.22. The number of benzene rings is 1. The summed E-state index contributed by atoms with van der Waals surface area (Å²) in [4.78, 5) is 0. The largest absolute Gasteiger partial charge is 0.496 e. The molecular weight excluding hydrogens is 214 g/mol. The van der Waals surface area contributed by atoms with Gasteiger partial charge in [0.05, 0.1) is 18.8 Å². The highest BCUT2D eigenvalue weighted by molar-refractivity contribution is 5.42. The second-order valence-corrected chi connectivity index (χ2v) is 4.14. The van der Waals surface area contributed by atoms with Gasteiger partial charge in [-0.2, -0.15) is 5.10 Å². The van der Waals surface area contributed by atoms with Crippen molar-refractivity contribution in [2.24, 2.45) is 12.8 Å². The molecule has 0 radical (unpaired) electrons. The van der Waals surface area contributed by atoms with Crippen LogP contribution in [0.4, 0.5) is 0 Å². The van der Waals surface area contributed by atoms with Gasteiger partial charge in [0, 0.05) is 18.8 Å². The third-order valence-electron chi connectivity index (χ3n) is 2.77. The average Bonchev–Trinajstić information content (AvgIpc) is 2.75. The first-order valence-electron chi connectivity index (χ1n) is 5.51. The summed E-state index contributed by atoms with van der Waals surface area (Å²) in [5.74, 6) is 0.800. The van der Waals surface area contributed by atoms with E-state index < -0.39 is 0 Å². The topological polar surface area (TPSA) is 53.1 Å². The normalized spacial score (nSPS) is 12.5. The minimum atomic E-state index is -0.258. The number of hydrogen-bond acceptors (Lipinski definition) is 3. The van der Waals surface area contributed by atoms with Gasteiger partial charge in [-0.25, -0.2) is 0 Å².